The first kappa shape index (κ1) is 21.7. The first-order chi connectivity index (χ1) is 11.1. The molecule has 0 bridgehead atoms. The van der Waals surface area contributed by atoms with Gasteiger partial charge in [-0.3, -0.25) is 9.59 Å². The lowest BCUT2D eigenvalue weighted by atomic mass is 9.86. The van der Waals surface area contributed by atoms with E-state index in [1.807, 2.05) is 20.8 Å². The average molecular weight is 392 g/mol. The second-order valence-corrected chi connectivity index (χ2v) is 7.52. The summed E-state index contributed by atoms with van der Waals surface area (Å²) in [5.74, 6) is -1.15. The van der Waals surface area contributed by atoms with Crippen LogP contribution in [0, 0.1) is 11.2 Å². The molecule has 2 N–H and O–H groups in total. The Morgan fingerprint density at radius 3 is 2.16 bits per heavy atom. The summed E-state index contributed by atoms with van der Waals surface area (Å²) in [5, 5.41) is 0.246. The van der Waals surface area contributed by atoms with Crippen molar-refractivity contribution in [2.24, 2.45) is 11.1 Å². The lowest BCUT2D eigenvalue weighted by Crippen LogP contribution is -2.57. The Kier molecular flexibility index (Phi) is 7.23. The van der Waals surface area contributed by atoms with E-state index in [0.29, 0.717) is 26.2 Å². The zero-order valence-electron chi connectivity index (χ0n) is 14.6. The molecule has 140 valence electrons. The molecule has 1 aliphatic rings. The van der Waals surface area contributed by atoms with E-state index in [4.69, 9.17) is 17.3 Å². The number of carbonyl (C=O) groups is 2. The Bertz CT molecular complexity index is 641. The Labute approximate surface area is 158 Å². The summed E-state index contributed by atoms with van der Waals surface area (Å²) in [6, 6.07) is 3.40. The van der Waals surface area contributed by atoms with Gasteiger partial charge in [-0.05, 0) is 23.6 Å². The molecule has 1 fully saturated rings. The monoisotopic (exact) mass is 391 g/mol. The fourth-order valence-corrected chi connectivity index (χ4v) is 2.69. The van der Waals surface area contributed by atoms with Crippen molar-refractivity contribution in [2.75, 3.05) is 26.2 Å². The molecule has 0 aliphatic carbocycles. The van der Waals surface area contributed by atoms with Crippen LogP contribution in [0.3, 0.4) is 0 Å². The molecule has 5 nitrogen and oxygen atoms in total. The largest absolute Gasteiger partial charge is 0.338 e. The topological polar surface area (TPSA) is 66.6 Å². The lowest BCUT2D eigenvalue weighted by Gasteiger charge is -2.38. The molecule has 2 rings (SSSR count). The van der Waals surface area contributed by atoms with Gasteiger partial charge in [0.1, 0.15) is 5.82 Å². The number of benzene rings is 1. The molecule has 0 unspecified atom stereocenters. The second kappa shape index (κ2) is 8.34. The molecule has 2 amide bonds. The summed E-state index contributed by atoms with van der Waals surface area (Å²) < 4.78 is 13.9. The van der Waals surface area contributed by atoms with Crippen LogP contribution in [-0.4, -0.2) is 53.8 Å². The highest BCUT2D eigenvalue weighted by Gasteiger charge is 2.33. The predicted octanol–water partition coefficient (Wildman–Crippen LogP) is 2.56. The van der Waals surface area contributed by atoms with Crippen molar-refractivity contribution >= 4 is 35.8 Å². The van der Waals surface area contributed by atoms with Crippen molar-refractivity contribution in [2.45, 2.75) is 26.8 Å². The fourth-order valence-electron chi connectivity index (χ4n) is 2.53. The number of nitrogens with two attached hydrogens (primary N) is 1. The standard InChI is InChI=1S/C17H23ClFN3O2.ClH/c1-17(2,3)14(20)16(24)22-8-6-21(7-9-22)15(23)12-5-4-11(18)10-13(12)19;/h4-5,10,14H,6-9,20H2,1-3H3;1H/t14-;/m1./s1. The maximum Gasteiger partial charge on any atom is 0.256 e. The molecule has 1 heterocycles. The van der Waals surface area contributed by atoms with Crippen LogP contribution in [0.5, 0.6) is 0 Å². The molecule has 0 saturated carbocycles. The van der Waals surface area contributed by atoms with Crippen molar-refractivity contribution in [1.29, 1.82) is 0 Å². The van der Waals surface area contributed by atoms with Crippen molar-refractivity contribution in [3.63, 3.8) is 0 Å². The Morgan fingerprint density at radius 2 is 1.68 bits per heavy atom. The van der Waals surface area contributed by atoms with Crippen LogP contribution in [-0.2, 0) is 4.79 Å². The van der Waals surface area contributed by atoms with Gasteiger partial charge in [-0.15, -0.1) is 12.4 Å². The average Bonchev–Trinajstić information content (AvgIpc) is 2.52. The van der Waals surface area contributed by atoms with Gasteiger partial charge in [0.2, 0.25) is 5.91 Å². The molecule has 25 heavy (non-hydrogen) atoms. The third kappa shape index (κ3) is 5.06. The fraction of sp³-hybridized carbons (Fsp3) is 0.529. The van der Waals surface area contributed by atoms with Crippen LogP contribution in [0.1, 0.15) is 31.1 Å². The maximum atomic E-state index is 13.9. The molecular weight excluding hydrogens is 368 g/mol. The summed E-state index contributed by atoms with van der Waals surface area (Å²) >= 11 is 5.71. The number of amides is 2. The van der Waals surface area contributed by atoms with E-state index in [1.54, 1.807) is 9.80 Å². The van der Waals surface area contributed by atoms with Crippen LogP contribution in [0.15, 0.2) is 18.2 Å². The summed E-state index contributed by atoms with van der Waals surface area (Å²) in [7, 11) is 0. The molecule has 1 aliphatic heterocycles. The van der Waals surface area contributed by atoms with E-state index in [2.05, 4.69) is 0 Å². The van der Waals surface area contributed by atoms with Gasteiger partial charge in [0.05, 0.1) is 11.6 Å². The quantitative estimate of drug-likeness (QED) is 0.841. The van der Waals surface area contributed by atoms with E-state index in [1.165, 1.54) is 12.1 Å². The van der Waals surface area contributed by atoms with Gasteiger partial charge in [0.15, 0.2) is 0 Å². The molecule has 1 aromatic rings. The molecule has 1 aromatic carbocycles. The SMILES string of the molecule is CC(C)(C)[C@H](N)C(=O)N1CCN(C(=O)c2ccc(Cl)cc2F)CC1.Cl. The number of hydrogen-bond acceptors (Lipinski definition) is 3. The summed E-state index contributed by atoms with van der Waals surface area (Å²) in [6.07, 6.45) is 0. The zero-order valence-corrected chi connectivity index (χ0v) is 16.2. The number of carbonyl (C=O) groups excluding carboxylic acids is 2. The van der Waals surface area contributed by atoms with Crippen LogP contribution in [0.25, 0.3) is 0 Å². The Hall–Kier alpha value is -1.37. The second-order valence-electron chi connectivity index (χ2n) is 7.09. The normalized spacial score (nSPS) is 16.2. The van der Waals surface area contributed by atoms with Gasteiger partial charge in [-0.1, -0.05) is 32.4 Å². The van der Waals surface area contributed by atoms with Crippen LogP contribution in [0.4, 0.5) is 4.39 Å². The number of hydrogen-bond donors (Lipinski definition) is 1. The maximum absolute atomic E-state index is 13.9. The van der Waals surface area contributed by atoms with Crippen LogP contribution < -0.4 is 5.73 Å². The highest BCUT2D eigenvalue weighted by molar-refractivity contribution is 6.30. The van der Waals surface area contributed by atoms with Crippen LogP contribution >= 0.6 is 24.0 Å². The van der Waals surface area contributed by atoms with E-state index in [0.717, 1.165) is 6.07 Å². The van der Waals surface area contributed by atoms with E-state index in [-0.39, 0.29) is 34.3 Å². The van der Waals surface area contributed by atoms with Crippen LogP contribution in [0.2, 0.25) is 5.02 Å². The summed E-state index contributed by atoms with van der Waals surface area (Å²) in [5.41, 5.74) is 5.68. The molecular formula is C17H24Cl2FN3O2. The van der Waals surface area contributed by atoms with Gasteiger partial charge in [-0.25, -0.2) is 4.39 Å². The molecule has 8 heteroatoms. The first-order valence-electron chi connectivity index (χ1n) is 7.90. The minimum Gasteiger partial charge on any atom is -0.338 e. The third-order valence-corrected chi connectivity index (χ3v) is 4.47. The Balaban J connectivity index is 0.00000312. The van der Waals surface area contributed by atoms with E-state index < -0.39 is 17.8 Å². The van der Waals surface area contributed by atoms with E-state index >= 15 is 0 Å². The lowest BCUT2D eigenvalue weighted by molar-refractivity contribution is -0.136. The number of halogens is 3. The molecule has 0 spiro atoms. The Morgan fingerprint density at radius 1 is 1.16 bits per heavy atom. The molecule has 1 saturated heterocycles. The van der Waals surface area contributed by atoms with E-state index in [9.17, 15) is 14.0 Å². The first-order valence-corrected chi connectivity index (χ1v) is 8.28. The predicted molar refractivity (Wildman–Crippen MR) is 98.6 cm³/mol. The molecule has 1 atom stereocenters. The zero-order chi connectivity index (χ0) is 18.1. The van der Waals surface area contributed by atoms with Crippen molar-refractivity contribution < 1.29 is 14.0 Å². The van der Waals surface area contributed by atoms with Gasteiger partial charge in [0.25, 0.3) is 5.91 Å². The minimum atomic E-state index is -0.638. The third-order valence-electron chi connectivity index (χ3n) is 4.24. The van der Waals surface area contributed by atoms with Gasteiger partial charge in [-0.2, -0.15) is 0 Å². The van der Waals surface area contributed by atoms with Gasteiger partial charge >= 0.3 is 0 Å². The summed E-state index contributed by atoms with van der Waals surface area (Å²) in [4.78, 5) is 28.0. The highest BCUT2D eigenvalue weighted by Crippen LogP contribution is 2.21. The van der Waals surface area contributed by atoms with Crippen molar-refractivity contribution in [1.82, 2.24) is 9.80 Å². The highest BCUT2D eigenvalue weighted by atomic mass is 35.5. The number of piperazine rings is 1. The smallest absolute Gasteiger partial charge is 0.256 e. The minimum absolute atomic E-state index is 0. The van der Waals surface area contributed by atoms with Crippen molar-refractivity contribution in [3.05, 3.63) is 34.6 Å². The molecule has 0 radical (unpaired) electrons. The number of rotatable bonds is 2. The molecule has 0 aromatic heterocycles. The van der Waals surface area contributed by atoms with Gasteiger partial charge in [0, 0.05) is 31.2 Å². The van der Waals surface area contributed by atoms with Crippen molar-refractivity contribution in [3.8, 4) is 0 Å². The number of nitrogens with zero attached hydrogens (tertiary/aromatic N) is 2. The van der Waals surface area contributed by atoms with Gasteiger partial charge < -0.3 is 15.5 Å². The summed E-state index contributed by atoms with van der Waals surface area (Å²) in [6.45, 7) is 7.23.